The van der Waals surface area contributed by atoms with Gasteiger partial charge in [-0.3, -0.25) is 0 Å². The van der Waals surface area contributed by atoms with Crippen molar-refractivity contribution >= 4 is 5.69 Å². The van der Waals surface area contributed by atoms with Gasteiger partial charge in [-0.1, -0.05) is 0 Å². The topological polar surface area (TPSA) is 47.0 Å². The predicted octanol–water partition coefficient (Wildman–Crippen LogP) is 2.41. The van der Waals surface area contributed by atoms with Crippen molar-refractivity contribution in [2.24, 2.45) is 0 Å². The Morgan fingerprint density at radius 1 is 1.29 bits per heavy atom. The van der Waals surface area contributed by atoms with E-state index in [4.69, 9.17) is 4.74 Å². The van der Waals surface area contributed by atoms with E-state index in [0.29, 0.717) is 6.54 Å². The fourth-order valence-electron chi connectivity index (χ4n) is 1.60. The molecule has 1 aromatic carbocycles. The maximum Gasteiger partial charge on any atom is 0.121 e. The average Bonchev–Trinajstić information content (AvgIpc) is 2.38. The first kappa shape index (κ1) is 11.4. The van der Waals surface area contributed by atoms with Crippen LogP contribution >= 0.6 is 0 Å². The zero-order valence-electron chi connectivity index (χ0n) is 9.97. The highest BCUT2D eigenvalue weighted by molar-refractivity contribution is 5.50. The van der Waals surface area contributed by atoms with Crippen molar-refractivity contribution in [2.45, 2.75) is 13.5 Å². The average molecular weight is 229 g/mol. The van der Waals surface area contributed by atoms with Crippen LogP contribution in [0.15, 0.2) is 36.8 Å². The van der Waals surface area contributed by atoms with Crippen molar-refractivity contribution in [2.75, 3.05) is 12.4 Å². The van der Waals surface area contributed by atoms with Gasteiger partial charge in [0, 0.05) is 11.9 Å². The normalized spacial score (nSPS) is 10.0. The van der Waals surface area contributed by atoms with Crippen molar-refractivity contribution in [1.29, 1.82) is 0 Å². The molecule has 0 aliphatic heterocycles. The van der Waals surface area contributed by atoms with Gasteiger partial charge in [0.2, 0.25) is 0 Å². The number of anilines is 1. The van der Waals surface area contributed by atoms with Gasteiger partial charge < -0.3 is 10.1 Å². The zero-order valence-corrected chi connectivity index (χ0v) is 9.97. The number of rotatable bonds is 4. The molecule has 4 heteroatoms. The Balaban J connectivity index is 2.02. The molecule has 0 atom stereocenters. The Bertz CT molecular complexity index is 485. The first-order valence-electron chi connectivity index (χ1n) is 5.43. The summed E-state index contributed by atoms with van der Waals surface area (Å²) in [5.74, 6) is 0.901. The number of aromatic nitrogens is 2. The molecule has 1 N–H and O–H groups in total. The molecule has 0 fully saturated rings. The van der Waals surface area contributed by atoms with E-state index in [1.54, 1.807) is 19.6 Å². The van der Waals surface area contributed by atoms with Crippen molar-refractivity contribution in [3.8, 4) is 5.75 Å². The van der Waals surface area contributed by atoms with Gasteiger partial charge in [-0.15, -0.1) is 0 Å². The van der Waals surface area contributed by atoms with Crippen LogP contribution in [0.2, 0.25) is 0 Å². The van der Waals surface area contributed by atoms with Crippen LogP contribution in [0, 0.1) is 6.92 Å². The first-order chi connectivity index (χ1) is 8.29. The molecular formula is C13H15N3O. The summed E-state index contributed by atoms with van der Waals surface area (Å²) >= 11 is 0. The van der Waals surface area contributed by atoms with Crippen LogP contribution in [-0.2, 0) is 6.54 Å². The fraction of sp³-hybridized carbons (Fsp3) is 0.231. The van der Waals surface area contributed by atoms with Gasteiger partial charge in [-0.25, -0.2) is 9.97 Å². The number of nitrogens with zero attached hydrogens (tertiary/aromatic N) is 2. The quantitative estimate of drug-likeness (QED) is 0.874. The van der Waals surface area contributed by atoms with Crippen molar-refractivity contribution in [3.63, 3.8) is 0 Å². The molecule has 17 heavy (non-hydrogen) atoms. The number of hydrogen-bond acceptors (Lipinski definition) is 4. The van der Waals surface area contributed by atoms with E-state index in [1.807, 2.05) is 25.1 Å². The summed E-state index contributed by atoms with van der Waals surface area (Å²) in [6, 6.07) is 7.90. The molecule has 2 aromatic rings. The second-order valence-corrected chi connectivity index (χ2v) is 3.74. The Labute approximate surface area is 101 Å². The monoisotopic (exact) mass is 229 g/mol. The smallest absolute Gasteiger partial charge is 0.121 e. The SMILES string of the molecule is COc1ccc(NCc2ccncn2)cc1C. The standard InChI is InChI=1S/C13H15N3O/c1-10-7-11(3-4-13(10)17-2)15-8-12-5-6-14-9-16-12/h3-7,9,15H,8H2,1-2H3. The molecule has 0 bridgehead atoms. The lowest BCUT2D eigenvalue weighted by atomic mass is 10.2. The summed E-state index contributed by atoms with van der Waals surface area (Å²) < 4.78 is 5.21. The van der Waals surface area contributed by atoms with Gasteiger partial charge in [-0.05, 0) is 36.8 Å². The molecule has 1 heterocycles. The molecule has 4 nitrogen and oxygen atoms in total. The van der Waals surface area contributed by atoms with Crippen LogP contribution in [0.4, 0.5) is 5.69 Å². The molecule has 2 rings (SSSR count). The maximum absolute atomic E-state index is 5.21. The van der Waals surface area contributed by atoms with Gasteiger partial charge in [0.15, 0.2) is 0 Å². The van der Waals surface area contributed by atoms with Gasteiger partial charge in [0.05, 0.1) is 19.3 Å². The lowest BCUT2D eigenvalue weighted by Gasteiger charge is -2.09. The third kappa shape index (κ3) is 2.93. The third-order valence-corrected chi connectivity index (χ3v) is 2.51. The fourth-order valence-corrected chi connectivity index (χ4v) is 1.60. The van der Waals surface area contributed by atoms with E-state index in [9.17, 15) is 0 Å². The van der Waals surface area contributed by atoms with Gasteiger partial charge in [-0.2, -0.15) is 0 Å². The molecule has 0 spiro atoms. The van der Waals surface area contributed by atoms with Crippen molar-refractivity contribution in [3.05, 3.63) is 48.0 Å². The molecule has 0 aliphatic rings. The molecule has 88 valence electrons. The van der Waals surface area contributed by atoms with Gasteiger partial charge in [0.25, 0.3) is 0 Å². The van der Waals surface area contributed by atoms with Crippen LogP contribution in [0.5, 0.6) is 5.75 Å². The van der Waals surface area contributed by atoms with Crippen LogP contribution in [0.1, 0.15) is 11.3 Å². The maximum atomic E-state index is 5.21. The zero-order chi connectivity index (χ0) is 12.1. The lowest BCUT2D eigenvalue weighted by molar-refractivity contribution is 0.412. The Morgan fingerprint density at radius 3 is 2.82 bits per heavy atom. The van der Waals surface area contributed by atoms with E-state index in [1.165, 1.54) is 0 Å². The van der Waals surface area contributed by atoms with Crippen molar-refractivity contribution in [1.82, 2.24) is 9.97 Å². The van der Waals surface area contributed by atoms with E-state index in [0.717, 1.165) is 22.7 Å². The second-order valence-electron chi connectivity index (χ2n) is 3.74. The lowest BCUT2D eigenvalue weighted by Crippen LogP contribution is -2.02. The van der Waals surface area contributed by atoms with Gasteiger partial charge in [0.1, 0.15) is 12.1 Å². The minimum Gasteiger partial charge on any atom is -0.496 e. The summed E-state index contributed by atoms with van der Waals surface area (Å²) in [5, 5.41) is 3.31. The Hall–Kier alpha value is -2.10. The number of methoxy groups -OCH3 is 1. The van der Waals surface area contributed by atoms with E-state index in [-0.39, 0.29) is 0 Å². The molecule has 1 aromatic heterocycles. The highest BCUT2D eigenvalue weighted by Crippen LogP contribution is 2.21. The molecule has 0 radical (unpaired) electrons. The van der Waals surface area contributed by atoms with E-state index in [2.05, 4.69) is 21.4 Å². The number of benzene rings is 1. The molecule has 0 saturated carbocycles. The largest absolute Gasteiger partial charge is 0.496 e. The van der Waals surface area contributed by atoms with Crippen LogP contribution in [0.25, 0.3) is 0 Å². The summed E-state index contributed by atoms with van der Waals surface area (Å²) in [7, 11) is 1.68. The Kier molecular flexibility index (Phi) is 3.55. The number of nitrogens with one attached hydrogen (secondary N) is 1. The minimum absolute atomic E-state index is 0.689. The molecule has 0 saturated heterocycles. The first-order valence-corrected chi connectivity index (χ1v) is 5.43. The molecule has 0 amide bonds. The van der Waals surface area contributed by atoms with Crippen LogP contribution in [-0.4, -0.2) is 17.1 Å². The summed E-state index contributed by atoms with van der Waals surface area (Å²) in [6.45, 7) is 2.71. The highest BCUT2D eigenvalue weighted by atomic mass is 16.5. The third-order valence-electron chi connectivity index (χ3n) is 2.51. The minimum atomic E-state index is 0.689. The van der Waals surface area contributed by atoms with E-state index < -0.39 is 0 Å². The summed E-state index contributed by atoms with van der Waals surface area (Å²) in [5.41, 5.74) is 3.13. The number of hydrogen-bond donors (Lipinski definition) is 1. The van der Waals surface area contributed by atoms with Crippen molar-refractivity contribution < 1.29 is 4.74 Å². The van der Waals surface area contributed by atoms with E-state index >= 15 is 0 Å². The van der Waals surface area contributed by atoms with Crippen LogP contribution < -0.4 is 10.1 Å². The predicted molar refractivity (Wildman–Crippen MR) is 67.1 cm³/mol. The Morgan fingerprint density at radius 2 is 2.18 bits per heavy atom. The molecule has 0 unspecified atom stereocenters. The summed E-state index contributed by atoms with van der Waals surface area (Å²) in [4.78, 5) is 8.03. The highest BCUT2D eigenvalue weighted by Gasteiger charge is 2.00. The molecular weight excluding hydrogens is 214 g/mol. The second kappa shape index (κ2) is 5.30. The van der Waals surface area contributed by atoms with Crippen LogP contribution in [0.3, 0.4) is 0 Å². The number of ether oxygens (including phenoxy) is 1. The van der Waals surface area contributed by atoms with Gasteiger partial charge >= 0.3 is 0 Å². The summed E-state index contributed by atoms with van der Waals surface area (Å²) in [6.07, 6.45) is 3.29. The number of aryl methyl sites for hydroxylation is 1. The molecule has 0 aliphatic carbocycles.